The third-order valence-electron chi connectivity index (χ3n) is 2.46. The summed E-state index contributed by atoms with van der Waals surface area (Å²) in [6.07, 6.45) is 1.15. The van der Waals surface area contributed by atoms with E-state index in [1.807, 2.05) is 7.05 Å². The molecule has 1 amide bonds. The van der Waals surface area contributed by atoms with Gasteiger partial charge < -0.3 is 10.2 Å². The zero-order valence-corrected chi connectivity index (χ0v) is 11.6. The molecule has 17 heavy (non-hydrogen) atoms. The van der Waals surface area contributed by atoms with E-state index in [0.29, 0.717) is 12.1 Å². The van der Waals surface area contributed by atoms with Crippen LogP contribution in [0.1, 0.15) is 12.8 Å². The van der Waals surface area contributed by atoms with Crippen LogP contribution in [0.5, 0.6) is 0 Å². The highest BCUT2D eigenvalue weighted by molar-refractivity contribution is 9.10. The number of carbonyl (C=O) groups excluding carboxylic acids is 1. The van der Waals surface area contributed by atoms with E-state index in [2.05, 4.69) is 21.2 Å². The maximum atomic E-state index is 13.5. The summed E-state index contributed by atoms with van der Waals surface area (Å²) in [4.78, 5) is 13.2. The van der Waals surface area contributed by atoms with Crippen molar-refractivity contribution in [1.82, 2.24) is 5.32 Å². The van der Waals surface area contributed by atoms with Gasteiger partial charge in [-0.25, -0.2) is 4.39 Å². The van der Waals surface area contributed by atoms with E-state index in [1.54, 1.807) is 19.2 Å². The second-order valence-corrected chi connectivity index (χ2v) is 4.67. The Kier molecular flexibility index (Phi) is 5.58. The minimum atomic E-state index is -0.391. The molecule has 0 heterocycles. The van der Waals surface area contributed by atoms with Crippen molar-refractivity contribution in [2.45, 2.75) is 12.8 Å². The zero-order valence-electron chi connectivity index (χ0n) is 9.96. The van der Waals surface area contributed by atoms with Crippen molar-refractivity contribution in [2.24, 2.45) is 0 Å². The first kappa shape index (κ1) is 14.1. The quantitative estimate of drug-likeness (QED) is 0.848. The molecule has 0 unspecified atom stereocenters. The summed E-state index contributed by atoms with van der Waals surface area (Å²) in [6.45, 7) is 0.778. The summed E-state index contributed by atoms with van der Waals surface area (Å²) < 4.78 is 14.3. The first-order valence-electron chi connectivity index (χ1n) is 5.42. The molecular weight excluding hydrogens is 287 g/mol. The predicted octanol–water partition coefficient (Wildman–Crippen LogP) is 2.55. The van der Waals surface area contributed by atoms with Gasteiger partial charge in [0.25, 0.3) is 0 Å². The third-order valence-corrected chi connectivity index (χ3v) is 2.95. The van der Waals surface area contributed by atoms with E-state index in [9.17, 15) is 9.18 Å². The Hall–Kier alpha value is -0.940. The molecule has 0 bridgehead atoms. The lowest BCUT2D eigenvalue weighted by Crippen LogP contribution is -2.27. The molecule has 5 heteroatoms. The van der Waals surface area contributed by atoms with E-state index in [-0.39, 0.29) is 5.91 Å². The normalized spacial score (nSPS) is 10.4. The molecule has 1 aromatic carbocycles. The second kappa shape index (κ2) is 6.71. The van der Waals surface area contributed by atoms with Crippen LogP contribution >= 0.6 is 15.9 Å². The minimum absolute atomic E-state index is 0.0859. The van der Waals surface area contributed by atoms with Gasteiger partial charge in [0.2, 0.25) is 5.91 Å². The average molecular weight is 303 g/mol. The number of hydrogen-bond acceptors (Lipinski definition) is 2. The van der Waals surface area contributed by atoms with E-state index in [4.69, 9.17) is 0 Å². The van der Waals surface area contributed by atoms with Crippen LogP contribution in [0.4, 0.5) is 10.1 Å². The first-order valence-corrected chi connectivity index (χ1v) is 6.21. The molecular formula is C12H16BrFN2O. The van der Waals surface area contributed by atoms with Crippen LogP contribution in [0, 0.1) is 5.82 Å². The van der Waals surface area contributed by atoms with Crippen molar-refractivity contribution in [3.8, 4) is 0 Å². The Balaban J connectivity index is 2.71. The monoisotopic (exact) mass is 302 g/mol. The summed E-state index contributed by atoms with van der Waals surface area (Å²) >= 11 is 3.26. The topological polar surface area (TPSA) is 32.3 Å². The van der Waals surface area contributed by atoms with Crippen LogP contribution < -0.4 is 10.2 Å². The van der Waals surface area contributed by atoms with Gasteiger partial charge in [0.1, 0.15) is 5.82 Å². The summed E-state index contributed by atoms with van der Waals surface area (Å²) in [5, 5.41) is 2.97. The van der Waals surface area contributed by atoms with Gasteiger partial charge in [0.05, 0.1) is 5.69 Å². The van der Waals surface area contributed by atoms with E-state index in [1.165, 1.54) is 11.0 Å². The number of amides is 1. The summed E-state index contributed by atoms with van der Waals surface area (Å²) in [5.74, 6) is -0.477. The van der Waals surface area contributed by atoms with Gasteiger partial charge in [-0.15, -0.1) is 0 Å². The lowest BCUT2D eigenvalue weighted by molar-refractivity contribution is -0.118. The summed E-state index contributed by atoms with van der Waals surface area (Å²) in [5.41, 5.74) is 0.300. The maximum Gasteiger partial charge on any atom is 0.226 e. The molecule has 0 aliphatic carbocycles. The molecule has 0 saturated carbocycles. The molecule has 0 aromatic heterocycles. The van der Waals surface area contributed by atoms with Crippen LogP contribution in [0.3, 0.4) is 0 Å². The Labute approximate surface area is 109 Å². The lowest BCUT2D eigenvalue weighted by atomic mass is 10.2. The van der Waals surface area contributed by atoms with Crippen LogP contribution in [0.15, 0.2) is 22.7 Å². The fraction of sp³-hybridized carbons (Fsp3) is 0.417. The highest BCUT2D eigenvalue weighted by Crippen LogP contribution is 2.23. The Bertz CT molecular complexity index is 398. The first-order chi connectivity index (χ1) is 8.06. The number of nitrogens with one attached hydrogen (secondary N) is 1. The van der Waals surface area contributed by atoms with Crippen molar-refractivity contribution in [2.75, 3.05) is 25.5 Å². The van der Waals surface area contributed by atoms with Crippen molar-refractivity contribution >= 4 is 27.5 Å². The van der Waals surface area contributed by atoms with Crippen molar-refractivity contribution in [3.63, 3.8) is 0 Å². The smallest absolute Gasteiger partial charge is 0.226 e. The highest BCUT2D eigenvalue weighted by Gasteiger charge is 2.14. The molecule has 94 valence electrons. The molecule has 0 fully saturated rings. The molecule has 0 radical (unpaired) electrons. The standard InChI is InChI=1S/C12H16BrFN2O/c1-15-7-3-4-12(17)16(2)11-8-9(13)5-6-10(11)14/h5-6,8,15H,3-4,7H2,1-2H3. The van der Waals surface area contributed by atoms with Crippen LogP contribution in [-0.2, 0) is 4.79 Å². The number of benzene rings is 1. The van der Waals surface area contributed by atoms with Gasteiger partial charge in [-0.05, 0) is 38.2 Å². The number of anilines is 1. The van der Waals surface area contributed by atoms with Crippen LogP contribution in [-0.4, -0.2) is 26.5 Å². The number of rotatable bonds is 5. The average Bonchev–Trinajstić information content (AvgIpc) is 2.31. The number of nitrogens with zero attached hydrogens (tertiary/aromatic N) is 1. The predicted molar refractivity (Wildman–Crippen MR) is 70.7 cm³/mol. The molecule has 1 rings (SSSR count). The molecule has 0 spiro atoms. The third kappa shape index (κ3) is 4.09. The van der Waals surface area contributed by atoms with Gasteiger partial charge in [-0.2, -0.15) is 0 Å². The SMILES string of the molecule is CNCCCC(=O)N(C)c1cc(Br)ccc1F. The number of carbonyl (C=O) groups is 1. The molecule has 0 saturated heterocycles. The summed E-state index contributed by atoms with van der Waals surface area (Å²) in [6, 6.07) is 4.56. The van der Waals surface area contributed by atoms with Crippen molar-refractivity contribution in [1.29, 1.82) is 0 Å². The minimum Gasteiger partial charge on any atom is -0.320 e. The van der Waals surface area contributed by atoms with E-state index in [0.717, 1.165) is 17.4 Å². The fourth-order valence-electron chi connectivity index (χ4n) is 1.46. The largest absolute Gasteiger partial charge is 0.320 e. The van der Waals surface area contributed by atoms with Gasteiger partial charge in [0, 0.05) is 17.9 Å². The van der Waals surface area contributed by atoms with Gasteiger partial charge in [0.15, 0.2) is 0 Å². The molecule has 0 aliphatic heterocycles. The van der Waals surface area contributed by atoms with Crippen LogP contribution in [0.2, 0.25) is 0 Å². The molecule has 3 nitrogen and oxygen atoms in total. The highest BCUT2D eigenvalue weighted by atomic mass is 79.9. The molecule has 1 aromatic rings. The molecule has 1 N–H and O–H groups in total. The molecule has 0 aliphatic rings. The molecule has 0 atom stereocenters. The van der Waals surface area contributed by atoms with Gasteiger partial charge >= 0.3 is 0 Å². The van der Waals surface area contributed by atoms with E-state index >= 15 is 0 Å². The number of halogens is 2. The Morgan fingerprint density at radius 3 is 2.88 bits per heavy atom. The second-order valence-electron chi connectivity index (χ2n) is 3.76. The lowest BCUT2D eigenvalue weighted by Gasteiger charge is -2.18. The Morgan fingerprint density at radius 1 is 1.53 bits per heavy atom. The van der Waals surface area contributed by atoms with Gasteiger partial charge in [-0.3, -0.25) is 4.79 Å². The van der Waals surface area contributed by atoms with Crippen molar-refractivity contribution in [3.05, 3.63) is 28.5 Å². The Morgan fingerprint density at radius 2 is 2.24 bits per heavy atom. The maximum absolute atomic E-state index is 13.5. The fourth-order valence-corrected chi connectivity index (χ4v) is 1.81. The van der Waals surface area contributed by atoms with Crippen LogP contribution in [0.25, 0.3) is 0 Å². The van der Waals surface area contributed by atoms with Crippen molar-refractivity contribution < 1.29 is 9.18 Å². The van der Waals surface area contributed by atoms with Gasteiger partial charge in [-0.1, -0.05) is 15.9 Å². The number of hydrogen-bond donors (Lipinski definition) is 1. The van der Waals surface area contributed by atoms with E-state index < -0.39 is 5.82 Å². The summed E-state index contributed by atoms with van der Waals surface area (Å²) in [7, 11) is 3.43. The zero-order chi connectivity index (χ0) is 12.8.